The van der Waals surface area contributed by atoms with E-state index in [0.29, 0.717) is 18.2 Å². The second-order valence-corrected chi connectivity index (χ2v) is 6.18. The third-order valence-corrected chi connectivity index (χ3v) is 4.09. The SMILES string of the molecule is COc1ccc(CC(=O)Nc2ccc(NCCc3ccc(F)cc3)nn2)cc1. The summed E-state index contributed by atoms with van der Waals surface area (Å²) in [5.74, 6) is 1.33. The van der Waals surface area contributed by atoms with Crippen LogP contribution in [0.5, 0.6) is 5.75 Å². The van der Waals surface area contributed by atoms with Crippen LogP contribution in [0.3, 0.4) is 0 Å². The van der Waals surface area contributed by atoms with Crippen LogP contribution in [0.2, 0.25) is 0 Å². The molecule has 0 aliphatic rings. The first kappa shape index (κ1) is 19.3. The molecule has 3 rings (SSSR count). The van der Waals surface area contributed by atoms with Crippen LogP contribution in [0.15, 0.2) is 60.7 Å². The number of aromatic nitrogens is 2. The number of halogens is 1. The minimum atomic E-state index is -0.243. The summed E-state index contributed by atoms with van der Waals surface area (Å²) < 4.78 is 18.0. The molecule has 0 saturated carbocycles. The van der Waals surface area contributed by atoms with Gasteiger partial charge in [-0.2, -0.15) is 0 Å². The summed E-state index contributed by atoms with van der Waals surface area (Å²) in [4.78, 5) is 12.1. The van der Waals surface area contributed by atoms with Gasteiger partial charge in [0.1, 0.15) is 17.4 Å². The number of carbonyl (C=O) groups is 1. The zero-order valence-electron chi connectivity index (χ0n) is 15.5. The Balaban J connectivity index is 1.45. The maximum Gasteiger partial charge on any atom is 0.229 e. The number of nitrogens with zero attached hydrogens (tertiary/aromatic N) is 2. The number of ether oxygens (including phenoxy) is 1. The molecule has 28 heavy (non-hydrogen) atoms. The fraction of sp³-hybridized carbons (Fsp3) is 0.190. The van der Waals surface area contributed by atoms with Gasteiger partial charge in [-0.3, -0.25) is 4.79 Å². The lowest BCUT2D eigenvalue weighted by Crippen LogP contribution is -2.16. The van der Waals surface area contributed by atoms with Gasteiger partial charge in [0.2, 0.25) is 5.91 Å². The van der Waals surface area contributed by atoms with E-state index in [-0.39, 0.29) is 18.1 Å². The molecule has 0 spiro atoms. The molecular formula is C21H21FN4O2. The lowest BCUT2D eigenvalue weighted by Gasteiger charge is -2.07. The van der Waals surface area contributed by atoms with Crippen molar-refractivity contribution in [2.24, 2.45) is 0 Å². The van der Waals surface area contributed by atoms with E-state index < -0.39 is 0 Å². The molecule has 0 unspecified atom stereocenters. The van der Waals surface area contributed by atoms with E-state index in [0.717, 1.165) is 23.3 Å². The lowest BCUT2D eigenvalue weighted by atomic mass is 10.1. The fourth-order valence-corrected chi connectivity index (χ4v) is 2.60. The van der Waals surface area contributed by atoms with Gasteiger partial charge in [0.05, 0.1) is 13.5 Å². The Labute approximate surface area is 162 Å². The molecule has 0 saturated heterocycles. The molecule has 6 nitrogen and oxygen atoms in total. The third-order valence-electron chi connectivity index (χ3n) is 4.09. The maximum atomic E-state index is 12.9. The van der Waals surface area contributed by atoms with E-state index in [4.69, 9.17) is 4.74 Å². The zero-order chi connectivity index (χ0) is 19.8. The predicted molar refractivity (Wildman–Crippen MR) is 106 cm³/mol. The topological polar surface area (TPSA) is 76.1 Å². The van der Waals surface area contributed by atoms with Crippen LogP contribution < -0.4 is 15.4 Å². The van der Waals surface area contributed by atoms with Crippen LogP contribution in [0.1, 0.15) is 11.1 Å². The van der Waals surface area contributed by atoms with Gasteiger partial charge in [0.15, 0.2) is 5.82 Å². The molecule has 1 aromatic heterocycles. The Morgan fingerprint density at radius 2 is 1.57 bits per heavy atom. The van der Waals surface area contributed by atoms with Crippen molar-refractivity contribution in [3.8, 4) is 5.75 Å². The number of amides is 1. The average Bonchev–Trinajstić information content (AvgIpc) is 2.71. The Kier molecular flexibility index (Phi) is 6.51. The van der Waals surface area contributed by atoms with Crippen LogP contribution in [0.4, 0.5) is 16.0 Å². The van der Waals surface area contributed by atoms with Crippen LogP contribution >= 0.6 is 0 Å². The number of methoxy groups -OCH3 is 1. The standard InChI is InChI=1S/C21H21FN4O2/c1-28-18-8-4-16(5-9-18)14-21(27)24-20-11-10-19(25-26-20)23-13-12-15-2-6-17(22)7-3-15/h2-11H,12-14H2,1H3,(H,23,25)(H,24,26,27). The summed E-state index contributed by atoms with van der Waals surface area (Å²) >= 11 is 0. The van der Waals surface area contributed by atoms with E-state index in [1.165, 1.54) is 12.1 Å². The van der Waals surface area contributed by atoms with E-state index in [1.54, 1.807) is 31.4 Å². The summed E-state index contributed by atoms with van der Waals surface area (Å²) in [5.41, 5.74) is 1.91. The number of nitrogens with one attached hydrogen (secondary N) is 2. The number of hydrogen-bond donors (Lipinski definition) is 2. The van der Waals surface area contributed by atoms with Gasteiger partial charge >= 0.3 is 0 Å². The zero-order valence-corrected chi connectivity index (χ0v) is 15.5. The molecule has 1 amide bonds. The molecule has 3 aromatic rings. The number of hydrogen-bond acceptors (Lipinski definition) is 5. The molecule has 0 bridgehead atoms. The van der Waals surface area contributed by atoms with Crippen molar-refractivity contribution in [1.29, 1.82) is 0 Å². The van der Waals surface area contributed by atoms with Crippen LogP contribution in [-0.2, 0) is 17.6 Å². The first-order valence-electron chi connectivity index (χ1n) is 8.87. The number of carbonyl (C=O) groups excluding carboxylic acids is 1. The van der Waals surface area contributed by atoms with Gasteiger partial charge in [-0.25, -0.2) is 4.39 Å². The molecular weight excluding hydrogens is 359 g/mol. The largest absolute Gasteiger partial charge is 0.497 e. The quantitative estimate of drug-likeness (QED) is 0.626. The van der Waals surface area contributed by atoms with Gasteiger partial charge in [-0.1, -0.05) is 24.3 Å². The van der Waals surface area contributed by atoms with Gasteiger partial charge in [0.25, 0.3) is 0 Å². The highest BCUT2D eigenvalue weighted by Gasteiger charge is 2.06. The minimum Gasteiger partial charge on any atom is -0.497 e. The Morgan fingerprint density at radius 1 is 0.929 bits per heavy atom. The van der Waals surface area contributed by atoms with Gasteiger partial charge in [-0.15, -0.1) is 10.2 Å². The highest BCUT2D eigenvalue weighted by Crippen LogP contribution is 2.13. The first-order chi connectivity index (χ1) is 13.6. The van der Waals surface area contributed by atoms with Crippen molar-refractivity contribution in [1.82, 2.24) is 10.2 Å². The molecule has 144 valence electrons. The predicted octanol–water partition coefficient (Wildman–Crippen LogP) is 3.46. The van der Waals surface area contributed by atoms with E-state index >= 15 is 0 Å². The second kappa shape index (κ2) is 9.45. The monoisotopic (exact) mass is 380 g/mol. The lowest BCUT2D eigenvalue weighted by molar-refractivity contribution is -0.115. The molecule has 1 heterocycles. The van der Waals surface area contributed by atoms with E-state index in [1.807, 2.05) is 24.3 Å². The van der Waals surface area contributed by atoms with Crippen molar-refractivity contribution in [3.63, 3.8) is 0 Å². The molecule has 0 atom stereocenters. The molecule has 2 N–H and O–H groups in total. The first-order valence-corrected chi connectivity index (χ1v) is 8.87. The second-order valence-electron chi connectivity index (χ2n) is 6.18. The minimum absolute atomic E-state index is 0.170. The smallest absolute Gasteiger partial charge is 0.229 e. The fourth-order valence-electron chi connectivity index (χ4n) is 2.60. The van der Waals surface area contributed by atoms with Crippen molar-refractivity contribution in [3.05, 3.63) is 77.6 Å². The number of benzene rings is 2. The van der Waals surface area contributed by atoms with Crippen molar-refractivity contribution < 1.29 is 13.9 Å². The molecule has 2 aromatic carbocycles. The highest BCUT2D eigenvalue weighted by molar-refractivity contribution is 5.91. The van der Waals surface area contributed by atoms with Crippen molar-refractivity contribution >= 4 is 17.5 Å². The molecule has 0 aliphatic heterocycles. The number of anilines is 2. The summed E-state index contributed by atoms with van der Waals surface area (Å²) in [6.07, 6.45) is 0.978. The van der Waals surface area contributed by atoms with Gasteiger partial charge in [0, 0.05) is 6.54 Å². The van der Waals surface area contributed by atoms with Crippen LogP contribution in [-0.4, -0.2) is 29.8 Å². The third kappa shape index (κ3) is 5.77. The maximum absolute atomic E-state index is 12.9. The van der Waals surface area contributed by atoms with Gasteiger partial charge < -0.3 is 15.4 Å². The molecule has 7 heteroatoms. The Bertz CT molecular complexity index is 897. The molecule has 0 fully saturated rings. The summed E-state index contributed by atoms with van der Waals surface area (Å²) in [6.45, 7) is 0.642. The Morgan fingerprint density at radius 3 is 2.21 bits per heavy atom. The summed E-state index contributed by atoms with van der Waals surface area (Å²) in [6, 6.07) is 17.2. The van der Waals surface area contributed by atoms with Crippen molar-refractivity contribution in [2.45, 2.75) is 12.8 Å². The van der Waals surface area contributed by atoms with Gasteiger partial charge in [-0.05, 0) is 53.9 Å². The molecule has 0 radical (unpaired) electrons. The van der Waals surface area contributed by atoms with E-state index in [2.05, 4.69) is 20.8 Å². The van der Waals surface area contributed by atoms with Crippen LogP contribution in [0.25, 0.3) is 0 Å². The average molecular weight is 380 g/mol. The Hall–Kier alpha value is -3.48. The number of rotatable bonds is 8. The molecule has 0 aliphatic carbocycles. The highest BCUT2D eigenvalue weighted by atomic mass is 19.1. The summed E-state index contributed by atoms with van der Waals surface area (Å²) in [7, 11) is 1.60. The van der Waals surface area contributed by atoms with Crippen LogP contribution in [0, 0.1) is 5.82 Å². The normalized spacial score (nSPS) is 10.4. The van der Waals surface area contributed by atoms with E-state index in [9.17, 15) is 9.18 Å². The summed E-state index contributed by atoms with van der Waals surface area (Å²) in [5, 5.41) is 13.9. The van der Waals surface area contributed by atoms with Crippen molar-refractivity contribution in [2.75, 3.05) is 24.3 Å².